The van der Waals surface area contributed by atoms with Crippen LogP contribution in [0.2, 0.25) is 0 Å². The highest BCUT2D eigenvalue weighted by Crippen LogP contribution is 2.37. The number of rotatable bonds is 5. The highest BCUT2D eigenvalue weighted by atomic mass is 32.1. The van der Waals surface area contributed by atoms with Gasteiger partial charge in [-0.2, -0.15) is 0 Å². The molecule has 0 unspecified atom stereocenters. The molecule has 154 valence electrons. The summed E-state index contributed by atoms with van der Waals surface area (Å²) in [6, 6.07) is 3.34. The van der Waals surface area contributed by atoms with Gasteiger partial charge in [0, 0.05) is 31.1 Å². The summed E-state index contributed by atoms with van der Waals surface area (Å²) in [5, 5.41) is 3.46. The summed E-state index contributed by atoms with van der Waals surface area (Å²) in [6.07, 6.45) is 5.39. The van der Waals surface area contributed by atoms with Crippen LogP contribution in [0.1, 0.15) is 44.2 Å². The molecular formula is C20H24N4O4S. The van der Waals surface area contributed by atoms with E-state index >= 15 is 0 Å². The fourth-order valence-corrected chi connectivity index (χ4v) is 5.26. The summed E-state index contributed by atoms with van der Waals surface area (Å²) in [4.78, 5) is 41.7. The molecule has 0 spiro atoms. The van der Waals surface area contributed by atoms with Crippen molar-refractivity contribution in [2.75, 3.05) is 38.0 Å². The van der Waals surface area contributed by atoms with Crippen molar-refractivity contribution in [3.63, 3.8) is 0 Å². The molecule has 3 heterocycles. The molecule has 29 heavy (non-hydrogen) atoms. The van der Waals surface area contributed by atoms with Crippen LogP contribution in [0.3, 0.4) is 0 Å². The molecule has 1 aliphatic heterocycles. The quantitative estimate of drug-likeness (QED) is 0.771. The SMILES string of the molecule is NC(=O)c1c(NC(=O)CN2CCN(C(=O)c3ccco3)CC2)sc2c1CCCC2. The molecule has 2 aliphatic rings. The predicted octanol–water partition coefficient (Wildman–Crippen LogP) is 1.72. The zero-order chi connectivity index (χ0) is 20.4. The zero-order valence-electron chi connectivity index (χ0n) is 16.1. The van der Waals surface area contributed by atoms with Gasteiger partial charge in [0.05, 0.1) is 18.4 Å². The highest BCUT2D eigenvalue weighted by molar-refractivity contribution is 7.17. The van der Waals surface area contributed by atoms with Crippen molar-refractivity contribution < 1.29 is 18.8 Å². The molecule has 8 nitrogen and oxygen atoms in total. The van der Waals surface area contributed by atoms with Gasteiger partial charge in [0.15, 0.2) is 5.76 Å². The first-order chi connectivity index (χ1) is 14.0. The molecule has 9 heteroatoms. The van der Waals surface area contributed by atoms with Crippen molar-refractivity contribution in [1.82, 2.24) is 9.80 Å². The Morgan fingerprint density at radius 3 is 2.59 bits per heavy atom. The number of nitrogens with zero attached hydrogens (tertiary/aromatic N) is 2. The van der Waals surface area contributed by atoms with E-state index in [9.17, 15) is 14.4 Å². The third-order valence-electron chi connectivity index (χ3n) is 5.43. The van der Waals surface area contributed by atoms with E-state index in [1.165, 1.54) is 17.6 Å². The summed E-state index contributed by atoms with van der Waals surface area (Å²) in [5.74, 6) is -0.451. The van der Waals surface area contributed by atoms with Gasteiger partial charge in [-0.25, -0.2) is 0 Å². The van der Waals surface area contributed by atoms with Crippen LogP contribution in [0.25, 0.3) is 0 Å². The second-order valence-corrected chi connectivity index (χ2v) is 8.48. The van der Waals surface area contributed by atoms with Crippen molar-refractivity contribution >= 4 is 34.1 Å². The Bertz CT molecular complexity index is 913. The molecule has 1 aliphatic carbocycles. The molecule has 0 bridgehead atoms. The third kappa shape index (κ3) is 4.20. The maximum Gasteiger partial charge on any atom is 0.289 e. The van der Waals surface area contributed by atoms with Gasteiger partial charge >= 0.3 is 0 Å². The Labute approximate surface area is 172 Å². The molecule has 4 rings (SSSR count). The molecule has 0 atom stereocenters. The van der Waals surface area contributed by atoms with Gasteiger partial charge in [0.25, 0.3) is 11.8 Å². The van der Waals surface area contributed by atoms with E-state index in [4.69, 9.17) is 10.2 Å². The van der Waals surface area contributed by atoms with Gasteiger partial charge in [-0.05, 0) is 43.4 Å². The van der Waals surface area contributed by atoms with Gasteiger partial charge in [-0.15, -0.1) is 11.3 Å². The second kappa shape index (κ2) is 8.38. The van der Waals surface area contributed by atoms with Crippen molar-refractivity contribution in [1.29, 1.82) is 0 Å². The minimum absolute atomic E-state index is 0.130. The third-order valence-corrected chi connectivity index (χ3v) is 6.64. The van der Waals surface area contributed by atoms with Gasteiger partial charge in [0.1, 0.15) is 5.00 Å². The summed E-state index contributed by atoms with van der Waals surface area (Å²) in [5.41, 5.74) is 7.07. The van der Waals surface area contributed by atoms with E-state index in [0.29, 0.717) is 42.5 Å². The maximum absolute atomic E-state index is 12.6. The topological polar surface area (TPSA) is 109 Å². The monoisotopic (exact) mass is 416 g/mol. The molecule has 0 saturated carbocycles. The van der Waals surface area contributed by atoms with E-state index < -0.39 is 5.91 Å². The van der Waals surface area contributed by atoms with Crippen molar-refractivity contribution in [2.45, 2.75) is 25.7 Å². The van der Waals surface area contributed by atoms with E-state index in [1.54, 1.807) is 17.0 Å². The molecule has 2 aromatic rings. The number of carbonyl (C=O) groups excluding carboxylic acids is 3. The number of hydrogen-bond donors (Lipinski definition) is 2. The van der Waals surface area contributed by atoms with E-state index in [0.717, 1.165) is 36.1 Å². The van der Waals surface area contributed by atoms with Crippen LogP contribution in [-0.2, 0) is 17.6 Å². The molecule has 3 N–H and O–H groups in total. The van der Waals surface area contributed by atoms with Crippen molar-refractivity contribution in [3.05, 3.63) is 40.2 Å². The van der Waals surface area contributed by atoms with Gasteiger partial charge in [0.2, 0.25) is 5.91 Å². The number of carbonyl (C=O) groups is 3. The van der Waals surface area contributed by atoms with Crippen LogP contribution >= 0.6 is 11.3 Å². The number of aryl methyl sites for hydroxylation is 1. The van der Waals surface area contributed by atoms with Crippen LogP contribution < -0.4 is 11.1 Å². The standard InChI is InChI=1S/C20H24N4O4S/c21-18(26)17-13-4-1-2-6-15(13)29-19(17)22-16(25)12-23-7-9-24(10-8-23)20(27)14-5-3-11-28-14/h3,5,11H,1-2,4,6-10,12H2,(H2,21,26)(H,22,25). The number of anilines is 1. The number of primary amides is 1. The molecule has 0 radical (unpaired) electrons. The molecule has 1 saturated heterocycles. The normalized spacial score (nSPS) is 17.0. The van der Waals surface area contributed by atoms with E-state index in [1.807, 2.05) is 4.90 Å². The smallest absolute Gasteiger partial charge is 0.289 e. The van der Waals surface area contributed by atoms with Crippen LogP contribution in [0.4, 0.5) is 5.00 Å². The fourth-order valence-electron chi connectivity index (χ4n) is 3.95. The lowest BCUT2D eigenvalue weighted by Crippen LogP contribution is -2.50. The molecular weight excluding hydrogens is 392 g/mol. The van der Waals surface area contributed by atoms with Crippen LogP contribution in [0.15, 0.2) is 22.8 Å². The van der Waals surface area contributed by atoms with Crippen LogP contribution in [0.5, 0.6) is 0 Å². The Morgan fingerprint density at radius 2 is 1.90 bits per heavy atom. The molecule has 2 aromatic heterocycles. The lowest BCUT2D eigenvalue weighted by atomic mass is 9.95. The first-order valence-corrected chi connectivity index (χ1v) is 10.6. The lowest BCUT2D eigenvalue weighted by molar-refractivity contribution is -0.117. The highest BCUT2D eigenvalue weighted by Gasteiger charge is 2.27. The Hall–Kier alpha value is -2.65. The summed E-state index contributed by atoms with van der Waals surface area (Å²) >= 11 is 1.47. The van der Waals surface area contributed by atoms with Gasteiger partial charge < -0.3 is 20.4 Å². The number of thiophene rings is 1. The van der Waals surface area contributed by atoms with Crippen LogP contribution in [-0.4, -0.2) is 60.2 Å². The van der Waals surface area contributed by atoms with Gasteiger partial charge in [-0.1, -0.05) is 0 Å². The van der Waals surface area contributed by atoms with Crippen molar-refractivity contribution in [3.8, 4) is 0 Å². The lowest BCUT2D eigenvalue weighted by Gasteiger charge is -2.33. The second-order valence-electron chi connectivity index (χ2n) is 7.37. The van der Waals surface area contributed by atoms with Gasteiger partial charge in [-0.3, -0.25) is 19.3 Å². The maximum atomic E-state index is 12.6. The fraction of sp³-hybridized carbons (Fsp3) is 0.450. The number of hydrogen-bond acceptors (Lipinski definition) is 6. The van der Waals surface area contributed by atoms with Crippen LogP contribution in [0, 0.1) is 0 Å². The average molecular weight is 417 g/mol. The first-order valence-electron chi connectivity index (χ1n) is 9.82. The summed E-state index contributed by atoms with van der Waals surface area (Å²) < 4.78 is 5.17. The average Bonchev–Trinajstić information content (AvgIpc) is 3.35. The number of nitrogens with one attached hydrogen (secondary N) is 1. The molecule has 0 aromatic carbocycles. The number of fused-ring (bicyclic) bond motifs is 1. The minimum atomic E-state index is -0.482. The Kier molecular flexibility index (Phi) is 5.68. The first kappa shape index (κ1) is 19.7. The number of amides is 3. The number of furan rings is 1. The Morgan fingerprint density at radius 1 is 1.14 bits per heavy atom. The number of piperazine rings is 1. The largest absolute Gasteiger partial charge is 0.459 e. The summed E-state index contributed by atoms with van der Waals surface area (Å²) in [7, 11) is 0. The zero-order valence-corrected chi connectivity index (χ0v) is 16.9. The predicted molar refractivity (Wildman–Crippen MR) is 109 cm³/mol. The number of nitrogens with two attached hydrogens (primary N) is 1. The van der Waals surface area contributed by atoms with E-state index in [-0.39, 0.29) is 18.4 Å². The Balaban J connectivity index is 1.34. The molecule has 3 amide bonds. The summed E-state index contributed by atoms with van der Waals surface area (Å²) in [6.45, 7) is 2.48. The van der Waals surface area contributed by atoms with E-state index in [2.05, 4.69) is 5.32 Å². The van der Waals surface area contributed by atoms with Crippen molar-refractivity contribution in [2.24, 2.45) is 5.73 Å². The molecule has 1 fully saturated rings. The minimum Gasteiger partial charge on any atom is -0.459 e.